The highest BCUT2D eigenvalue weighted by Gasteiger charge is 2.39. The molecule has 1 saturated heterocycles. The number of aliphatic hydroxyl groups excluding tert-OH is 1. The van der Waals surface area contributed by atoms with E-state index < -0.39 is 23.8 Å². The lowest BCUT2D eigenvalue weighted by molar-refractivity contribution is 0.0201. The van der Waals surface area contributed by atoms with Gasteiger partial charge in [-0.3, -0.25) is 9.69 Å². The minimum Gasteiger partial charge on any atom is -0.444 e. The molecule has 5 rings (SSSR count). The number of β-amino-alcohol motifs (C(OH)–C–C–N with tert-alkyl or cyclic N) is 1. The Hall–Kier alpha value is -3.24. The van der Waals surface area contributed by atoms with E-state index in [2.05, 4.69) is 39.2 Å². The van der Waals surface area contributed by atoms with E-state index in [1.54, 1.807) is 32.1 Å². The maximum atomic E-state index is 13.6. The number of benzene rings is 1. The van der Waals surface area contributed by atoms with Crippen LogP contribution in [0.15, 0.2) is 36.0 Å². The average Bonchev–Trinajstić information content (AvgIpc) is 3.20. The third-order valence-electron chi connectivity index (χ3n) is 6.85. The molecule has 2 N–H and O–H groups in total. The standard InChI is InChI=1S/C28H35N5O4S/c1-17-24(38-16-30-17)20-9-7-19(8-10-20)14-32(13-18-5-6-18)26(35)22-12-29-25(31-22)23-11-21(34)15-33(23)27(36)37-28(2,3)4/h7-10,12,16,18,21,23,34H,5-6,11,13-15H2,1-4H3,(H,29,31)/t21-,23+/m1/s1. The summed E-state index contributed by atoms with van der Waals surface area (Å²) in [4.78, 5) is 42.8. The Bertz CT molecular complexity index is 1290. The van der Waals surface area contributed by atoms with E-state index in [0.29, 0.717) is 36.9 Å². The summed E-state index contributed by atoms with van der Waals surface area (Å²) >= 11 is 1.62. The first-order valence-corrected chi connectivity index (χ1v) is 14.0. The molecule has 3 aromatic rings. The first kappa shape index (κ1) is 26.4. The number of carbonyl (C=O) groups excluding carboxylic acids is 2. The Morgan fingerprint density at radius 2 is 1.95 bits per heavy atom. The second-order valence-corrected chi connectivity index (χ2v) is 12.2. The Balaban J connectivity index is 1.31. The van der Waals surface area contributed by atoms with Gasteiger partial charge in [0.1, 0.15) is 17.1 Å². The van der Waals surface area contributed by atoms with Crippen molar-refractivity contribution in [1.82, 2.24) is 24.8 Å². The number of aliphatic hydroxyl groups is 1. The summed E-state index contributed by atoms with van der Waals surface area (Å²) < 4.78 is 5.53. The number of H-pyrrole nitrogens is 1. The van der Waals surface area contributed by atoms with Crippen molar-refractivity contribution in [3.63, 3.8) is 0 Å². The van der Waals surface area contributed by atoms with Gasteiger partial charge in [0.2, 0.25) is 0 Å². The van der Waals surface area contributed by atoms with Crippen molar-refractivity contribution in [3.05, 3.63) is 58.7 Å². The summed E-state index contributed by atoms with van der Waals surface area (Å²) in [6.45, 7) is 8.77. The summed E-state index contributed by atoms with van der Waals surface area (Å²) in [5.41, 5.74) is 4.78. The number of rotatable bonds is 7. The molecule has 1 aliphatic carbocycles. The van der Waals surface area contributed by atoms with Crippen LogP contribution in [-0.2, 0) is 11.3 Å². The van der Waals surface area contributed by atoms with Crippen LogP contribution in [-0.4, -0.2) is 66.7 Å². The lowest BCUT2D eigenvalue weighted by Crippen LogP contribution is -2.37. The topological polar surface area (TPSA) is 112 Å². The zero-order valence-corrected chi connectivity index (χ0v) is 23.1. The molecule has 2 fully saturated rings. The molecule has 1 aliphatic heterocycles. The van der Waals surface area contributed by atoms with E-state index in [-0.39, 0.29) is 12.5 Å². The number of nitrogens with one attached hydrogen (secondary N) is 1. The fraction of sp³-hybridized carbons (Fsp3) is 0.500. The molecule has 10 heteroatoms. The van der Waals surface area contributed by atoms with Crippen LogP contribution in [0.25, 0.3) is 10.4 Å². The number of nitrogens with zero attached hydrogens (tertiary/aromatic N) is 4. The van der Waals surface area contributed by atoms with Crippen LogP contribution in [0, 0.1) is 12.8 Å². The van der Waals surface area contributed by atoms with Gasteiger partial charge in [-0.1, -0.05) is 24.3 Å². The molecule has 202 valence electrons. The lowest BCUT2D eigenvalue weighted by atomic mass is 10.1. The van der Waals surface area contributed by atoms with E-state index in [1.165, 1.54) is 11.1 Å². The van der Waals surface area contributed by atoms with Crippen LogP contribution < -0.4 is 0 Å². The summed E-state index contributed by atoms with van der Waals surface area (Å²) in [6, 6.07) is 7.82. The monoisotopic (exact) mass is 537 g/mol. The van der Waals surface area contributed by atoms with Gasteiger partial charge in [-0.2, -0.15) is 0 Å². The highest BCUT2D eigenvalue weighted by Crippen LogP contribution is 2.34. The molecular weight excluding hydrogens is 502 g/mol. The number of hydrogen-bond acceptors (Lipinski definition) is 7. The SMILES string of the molecule is Cc1ncsc1-c1ccc(CN(CC2CC2)C(=O)c2cnc([C@@H]3C[C@@H](O)CN3C(=O)OC(C)(C)C)[nH]2)cc1. The number of likely N-dealkylation sites (tertiary alicyclic amines) is 1. The highest BCUT2D eigenvalue weighted by molar-refractivity contribution is 7.13. The first-order valence-electron chi connectivity index (χ1n) is 13.1. The predicted octanol–water partition coefficient (Wildman–Crippen LogP) is 4.94. The van der Waals surface area contributed by atoms with E-state index in [1.807, 2.05) is 17.3 Å². The van der Waals surface area contributed by atoms with Gasteiger partial charge in [0.25, 0.3) is 5.91 Å². The molecule has 0 radical (unpaired) electrons. The number of ether oxygens (including phenoxy) is 1. The second-order valence-electron chi connectivity index (χ2n) is 11.3. The Kier molecular flexibility index (Phi) is 7.28. The van der Waals surface area contributed by atoms with Crippen LogP contribution in [0.2, 0.25) is 0 Å². The highest BCUT2D eigenvalue weighted by atomic mass is 32.1. The Morgan fingerprint density at radius 3 is 2.58 bits per heavy atom. The molecule has 3 heterocycles. The van der Waals surface area contributed by atoms with Crippen molar-refractivity contribution in [2.45, 2.75) is 71.2 Å². The minimum atomic E-state index is -0.681. The van der Waals surface area contributed by atoms with Crippen LogP contribution in [0.4, 0.5) is 4.79 Å². The summed E-state index contributed by atoms with van der Waals surface area (Å²) in [5, 5.41) is 10.3. The summed E-state index contributed by atoms with van der Waals surface area (Å²) in [5.74, 6) is 0.875. The van der Waals surface area contributed by atoms with Gasteiger partial charge in [0, 0.05) is 19.5 Å². The van der Waals surface area contributed by atoms with Gasteiger partial charge in [-0.05, 0) is 57.6 Å². The molecule has 0 spiro atoms. The van der Waals surface area contributed by atoms with Crippen molar-refractivity contribution in [2.75, 3.05) is 13.1 Å². The molecule has 1 saturated carbocycles. The molecule has 1 aromatic carbocycles. The average molecular weight is 538 g/mol. The fourth-order valence-electron chi connectivity index (χ4n) is 4.77. The zero-order valence-electron chi connectivity index (χ0n) is 22.3. The van der Waals surface area contributed by atoms with Crippen LogP contribution in [0.5, 0.6) is 0 Å². The molecule has 2 aromatic heterocycles. The number of aryl methyl sites for hydroxylation is 1. The van der Waals surface area contributed by atoms with Gasteiger partial charge in [0.15, 0.2) is 0 Å². The first-order chi connectivity index (χ1) is 18.1. The number of imidazole rings is 1. The molecule has 2 aliphatic rings. The maximum Gasteiger partial charge on any atom is 0.411 e. The molecule has 38 heavy (non-hydrogen) atoms. The molecule has 0 bridgehead atoms. The predicted molar refractivity (Wildman–Crippen MR) is 145 cm³/mol. The van der Waals surface area contributed by atoms with Gasteiger partial charge < -0.3 is 19.7 Å². The van der Waals surface area contributed by atoms with Gasteiger partial charge in [-0.15, -0.1) is 11.3 Å². The summed E-state index contributed by atoms with van der Waals surface area (Å²) in [7, 11) is 0. The maximum absolute atomic E-state index is 13.6. The van der Waals surface area contributed by atoms with E-state index >= 15 is 0 Å². The zero-order chi connectivity index (χ0) is 27.0. The molecule has 9 nitrogen and oxygen atoms in total. The second kappa shape index (κ2) is 10.5. The van der Waals surface area contributed by atoms with Crippen LogP contribution in [0.3, 0.4) is 0 Å². The largest absolute Gasteiger partial charge is 0.444 e. The quantitative estimate of drug-likeness (QED) is 0.442. The number of carbonyl (C=O) groups is 2. The fourth-order valence-corrected chi connectivity index (χ4v) is 5.58. The number of aromatic nitrogens is 3. The summed E-state index contributed by atoms with van der Waals surface area (Å²) in [6.07, 6.45) is 2.94. The molecule has 2 atom stereocenters. The Labute approximate surface area is 226 Å². The van der Waals surface area contributed by atoms with Crippen molar-refractivity contribution in [3.8, 4) is 10.4 Å². The third kappa shape index (κ3) is 6.07. The van der Waals surface area contributed by atoms with Crippen molar-refractivity contribution < 1.29 is 19.4 Å². The van der Waals surface area contributed by atoms with E-state index in [0.717, 1.165) is 34.5 Å². The minimum absolute atomic E-state index is 0.125. The molecular formula is C28H35N5O4S. The van der Waals surface area contributed by atoms with Gasteiger partial charge >= 0.3 is 6.09 Å². The van der Waals surface area contributed by atoms with Crippen molar-refractivity contribution >= 4 is 23.3 Å². The van der Waals surface area contributed by atoms with Crippen LogP contribution in [0.1, 0.15) is 73.6 Å². The third-order valence-corrected chi connectivity index (χ3v) is 7.82. The van der Waals surface area contributed by atoms with Gasteiger partial charge in [0.05, 0.1) is 41.0 Å². The number of amides is 2. The molecule has 0 unspecified atom stereocenters. The van der Waals surface area contributed by atoms with Crippen LogP contribution >= 0.6 is 11.3 Å². The van der Waals surface area contributed by atoms with Crippen molar-refractivity contribution in [2.24, 2.45) is 5.92 Å². The molecule has 2 amide bonds. The van der Waals surface area contributed by atoms with Crippen molar-refractivity contribution in [1.29, 1.82) is 0 Å². The van der Waals surface area contributed by atoms with Gasteiger partial charge in [-0.25, -0.2) is 14.8 Å². The normalized spacial score (nSPS) is 19.6. The Morgan fingerprint density at radius 1 is 1.21 bits per heavy atom. The smallest absolute Gasteiger partial charge is 0.411 e. The number of hydrogen-bond donors (Lipinski definition) is 2. The number of thiazole rings is 1. The number of aromatic amines is 1. The van der Waals surface area contributed by atoms with E-state index in [9.17, 15) is 14.7 Å². The van der Waals surface area contributed by atoms with E-state index in [4.69, 9.17) is 4.74 Å². The lowest BCUT2D eigenvalue weighted by Gasteiger charge is -2.27.